The number of anilines is 1. The number of nitrogens with one attached hydrogen (secondary N) is 1. The Labute approximate surface area is 189 Å². The number of carbonyl (C=O) groups is 1. The van der Waals surface area contributed by atoms with Crippen LogP contribution in [0.4, 0.5) is 5.82 Å². The number of nitrogens with zero attached hydrogens (tertiary/aromatic N) is 6. The summed E-state index contributed by atoms with van der Waals surface area (Å²) in [5, 5.41) is 20.4. The van der Waals surface area contributed by atoms with Crippen LogP contribution in [0.5, 0.6) is 11.5 Å². The third-order valence-electron chi connectivity index (χ3n) is 5.63. The van der Waals surface area contributed by atoms with Crippen molar-refractivity contribution in [1.82, 2.24) is 29.6 Å². The normalized spacial score (nSPS) is 15.1. The van der Waals surface area contributed by atoms with E-state index in [0.29, 0.717) is 34.6 Å². The molecule has 10 nitrogen and oxygen atoms in total. The van der Waals surface area contributed by atoms with Crippen molar-refractivity contribution in [2.45, 2.75) is 26.2 Å². The maximum atomic E-state index is 12.7. The number of hydrogen-bond acceptors (Lipinski definition) is 7. The minimum atomic E-state index is -0.220. The average molecular weight is 443 g/mol. The van der Waals surface area contributed by atoms with E-state index in [2.05, 4.69) is 26.5 Å². The van der Waals surface area contributed by atoms with Crippen LogP contribution in [-0.2, 0) is 4.79 Å². The number of fused-ring (bicyclic) bond motifs is 2. The number of benzene rings is 1. The molecule has 0 unspecified atom stereocenters. The molecule has 1 amide bonds. The number of ether oxygens (including phenoxy) is 2. The van der Waals surface area contributed by atoms with Gasteiger partial charge in [-0.15, -0.1) is 21.7 Å². The number of hydrogen-bond donors (Lipinski definition) is 1. The predicted molar refractivity (Wildman–Crippen MR) is 120 cm³/mol. The van der Waals surface area contributed by atoms with Gasteiger partial charge in [0.15, 0.2) is 28.8 Å². The standard InChI is InChI=1S/C23H21N7O3/c1-5-10-33-18-11-15(6-7-17(18)32-4)16-12-21(31)24-23-22(16)13(2)27-30(23)20-9-8-19-26-25-14(3)29(19)28-20/h1,6-9,11,16H,10,12H2,2-4H3,(H,24,31)/t16-/m1/s1. The molecule has 3 aromatic heterocycles. The molecule has 1 atom stereocenters. The molecule has 4 heterocycles. The molecule has 0 aliphatic carbocycles. The molecular formula is C23H21N7O3. The molecule has 33 heavy (non-hydrogen) atoms. The Morgan fingerprint density at radius 1 is 1.18 bits per heavy atom. The fourth-order valence-corrected chi connectivity index (χ4v) is 4.14. The van der Waals surface area contributed by atoms with Gasteiger partial charge in [-0.05, 0) is 43.7 Å². The number of methoxy groups -OCH3 is 1. The third-order valence-corrected chi connectivity index (χ3v) is 5.63. The van der Waals surface area contributed by atoms with Crippen LogP contribution in [0.1, 0.15) is 35.0 Å². The second kappa shape index (κ2) is 7.94. The van der Waals surface area contributed by atoms with E-state index >= 15 is 0 Å². The topological polar surface area (TPSA) is 108 Å². The molecule has 0 saturated heterocycles. The molecule has 0 spiro atoms. The first kappa shape index (κ1) is 20.5. The lowest BCUT2D eigenvalue weighted by atomic mass is 9.85. The second-order valence-electron chi connectivity index (χ2n) is 7.68. The maximum Gasteiger partial charge on any atom is 0.226 e. The minimum absolute atomic E-state index is 0.114. The molecule has 1 aliphatic heterocycles. The van der Waals surface area contributed by atoms with Crippen LogP contribution < -0.4 is 14.8 Å². The Balaban J connectivity index is 1.62. The van der Waals surface area contributed by atoms with Crippen LogP contribution in [0.2, 0.25) is 0 Å². The first-order valence-electron chi connectivity index (χ1n) is 10.3. The summed E-state index contributed by atoms with van der Waals surface area (Å²) in [5.74, 6) is 5.02. The number of terminal acetylenes is 1. The minimum Gasteiger partial charge on any atom is -0.493 e. The highest BCUT2D eigenvalue weighted by atomic mass is 16.5. The highest BCUT2D eigenvalue weighted by Gasteiger charge is 2.33. The molecule has 1 N–H and O–H groups in total. The van der Waals surface area contributed by atoms with Crippen LogP contribution in [0.3, 0.4) is 0 Å². The smallest absolute Gasteiger partial charge is 0.226 e. The molecule has 10 heteroatoms. The number of aromatic nitrogens is 6. The zero-order chi connectivity index (χ0) is 23.1. The van der Waals surface area contributed by atoms with Crippen LogP contribution in [0, 0.1) is 26.2 Å². The summed E-state index contributed by atoms with van der Waals surface area (Å²) < 4.78 is 14.3. The zero-order valence-electron chi connectivity index (χ0n) is 18.4. The molecule has 166 valence electrons. The van der Waals surface area contributed by atoms with Gasteiger partial charge in [0.2, 0.25) is 5.91 Å². The van der Waals surface area contributed by atoms with Crippen molar-refractivity contribution in [2.24, 2.45) is 0 Å². The summed E-state index contributed by atoms with van der Waals surface area (Å²) in [4.78, 5) is 12.7. The SMILES string of the molecule is C#CCOc1cc([C@H]2CC(=O)Nc3c2c(C)nn3-c2ccc3nnc(C)n3n2)ccc1OC. The van der Waals surface area contributed by atoms with Crippen molar-refractivity contribution < 1.29 is 14.3 Å². The fourth-order valence-electron chi connectivity index (χ4n) is 4.14. The van der Waals surface area contributed by atoms with E-state index in [1.54, 1.807) is 22.4 Å². The molecule has 1 aromatic carbocycles. The highest BCUT2D eigenvalue weighted by molar-refractivity contribution is 5.95. The van der Waals surface area contributed by atoms with E-state index in [1.807, 2.05) is 38.1 Å². The lowest BCUT2D eigenvalue weighted by Gasteiger charge is -2.25. The summed E-state index contributed by atoms with van der Waals surface area (Å²) in [6.45, 7) is 3.85. The van der Waals surface area contributed by atoms with Gasteiger partial charge in [-0.2, -0.15) is 14.3 Å². The van der Waals surface area contributed by atoms with E-state index in [1.165, 1.54) is 0 Å². The number of rotatable bonds is 5. The van der Waals surface area contributed by atoms with Crippen molar-refractivity contribution in [2.75, 3.05) is 19.0 Å². The van der Waals surface area contributed by atoms with Crippen molar-refractivity contribution in [3.05, 3.63) is 53.0 Å². The van der Waals surface area contributed by atoms with Gasteiger partial charge >= 0.3 is 0 Å². The summed E-state index contributed by atoms with van der Waals surface area (Å²) in [6.07, 6.45) is 5.63. The van der Waals surface area contributed by atoms with Gasteiger partial charge in [0.25, 0.3) is 0 Å². The van der Waals surface area contributed by atoms with Crippen LogP contribution >= 0.6 is 0 Å². The van der Waals surface area contributed by atoms with Crippen molar-refractivity contribution >= 4 is 17.4 Å². The molecule has 0 bridgehead atoms. The Hall–Kier alpha value is -4.39. The first-order chi connectivity index (χ1) is 16.0. The van der Waals surface area contributed by atoms with E-state index in [9.17, 15) is 4.79 Å². The third kappa shape index (κ3) is 3.43. The van der Waals surface area contributed by atoms with Crippen LogP contribution in [0.15, 0.2) is 30.3 Å². The van der Waals surface area contributed by atoms with Crippen molar-refractivity contribution in [1.29, 1.82) is 0 Å². The zero-order valence-corrected chi connectivity index (χ0v) is 18.4. The molecular weight excluding hydrogens is 422 g/mol. The molecule has 5 rings (SSSR count). The van der Waals surface area contributed by atoms with Gasteiger partial charge in [-0.25, -0.2) is 0 Å². The van der Waals surface area contributed by atoms with Gasteiger partial charge in [0.1, 0.15) is 12.4 Å². The van der Waals surface area contributed by atoms with Crippen molar-refractivity contribution in [3.8, 4) is 29.7 Å². The summed E-state index contributed by atoms with van der Waals surface area (Å²) >= 11 is 0. The van der Waals surface area contributed by atoms with Crippen LogP contribution in [0.25, 0.3) is 11.5 Å². The maximum absolute atomic E-state index is 12.7. The van der Waals surface area contributed by atoms with Crippen molar-refractivity contribution in [3.63, 3.8) is 0 Å². The van der Waals surface area contributed by atoms with E-state index in [-0.39, 0.29) is 24.9 Å². The van der Waals surface area contributed by atoms with Gasteiger partial charge in [0.05, 0.1) is 12.8 Å². The molecule has 0 fully saturated rings. The van der Waals surface area contributed by atoms with Gasteiger partial charge in [-0.3, -0.25) is 4.79 Å². The summed E-state index contributed by atoms with van der Waals surface area (Å²) in [6, 6.07) is 9.22. The number of carbonyl (C=O) groups excluding carboxylic acids is 1. The van der Waals surface area contributed by atoms with E-state index in [0.717, 1.165) is 16.8 Å². The van der Waals surface area contributed by atoms with Gasteiger partial charge in [-0.1, -0.05) is 12.0 Å². The largest absolute Gasteiger partial charge is 0.493 e. The molecule has 1 aliphatic rings. The lowest BCUT2D eigenvalue weighted by molar-refractivity contribution is -0.116. The monoisotopic (exact) mass is 443 g/mol. The van der Waals surface area contributed by atoms with Crippen LogP contribution in [-0.4, -0.2) is 49.2 Å². The lowest BCUT2D eigenvalue weighted by Crippen LogP contribution is -2.25. The number of amides is 1. The molecule has 0 radical (unpaired) electrons. The Morgan fingerprint density at radius 2 is 2.03 bits per heavy atom. The Bertz CT molecular complexity index is 1430. The quantitative estimate of drug-likeness (QED) is 0.472. The van der Waals surface area contributed by atoms with Gasteiger partial charge < -0.3 is 14.8 Å². The predicted octanol–water partition coefficient (Wildman–Crippen LogP) is 2.42. The Morgan fingerprint density at radius 3 is 2.82 bits per heavy atom. The summed E-state index contributed by atoms with van der Waals surface area (Å²) in [5.41, 5.74) is 3.25. The van der Waals surface area contributed by atoms with E-state index < -0.39 is 0 Å². The Kier molecular flexibility index (Phi) is 4.94. The van der Waals surface area contributed by atoms with E-state index in [4.69, 9.17) is 21.0 Å². The molecule has 0 saturated carbocycles. The summed E-state index contributed by atoms with van der Waals surface area (Å²) in [7, 11) is 1.57. The molecule has 4 aromatic rings. The fraction of sp³-hybridized carbons (Fsp3) is 0.261. The second-order valence-corrected chi connectivity index (χ2v) is 7.68. The highest BCUT2D eigenvalue weighted by Crippen LogP contribution is 2.42. The average Bonchev–Trinajstić information content (AvgIpc) is 3.36. The number of aryl methyl sites for hydroxylation is 2. The van der Waals surface area contributed by atoms with Gasteiger partial charge in [0, 0.05) is 17.9 Å². The first-order valence-corrected chi connectivity index (χ1v) is 10.3.